The molecule has 29 heavy (non-hydrogen) atoms. The largest absolute Gasteiger partial charge is 0.489 e. The van der Waals surface area contributed by atoms with Gasteiger partial charge in [-0.1, -0.05) is 24.3 Å². The zero-order valence-corrected chi connectivity index (χ0v) is 19.5. The molecule has 7 nitrogen and oxygen atoms in total. The molecule has 8 heteroatoms. The summed E-state index contributed by atoms with van der Waals surface area (Å²) < 4.78 is 8.02. The van der Waals surface area contributed by atoms with Gasteiger partial charge in [-0.2, -0.15) is 0 Å². The van der Waals surface area contributed by atoms with Gasteiger partial charge in [-0.15, -0.1) is 34.2 Å². The minimum absolute atomic E-state index is 0. The van der Waals surface area contributed by atoms with Gasteiger partial charge in [0.1, 0.15) is 17.7 Å². The van der Waals surface area contributed by atoms with Crippen LogP contribution in [0.25, 0.3) is 5.65 Å². The number of nitrogens with one attached hydrogen (secondary N) is 2. The van der Waals surface area contributed by atoms with Gasteiger partial charge in [0.15, 0.2) is 11.6 Å². The Morgan fingerprint density at radius 1 is 1.14 bits per heavy atom. The summed E-state index contributed by atoms with van der Waals surface area (Å²) in [7, 11) is 1.77. The maximum absolute atomic E-state index is 5.99. The maximum Gasteiger partial charge on any atom is 0.191 e. The molecule has 3 rings (SSSR count). The number of hydrogen-bond acceptors (Lipinski definition) is 4. The Kier molecular flexibility index (Phi) is 9.17. The number of halogens is 1. The lowest BCUT2D eigenvalue weighted by Gasteiger charge is -2.18. The SMILES string of the molecule is CN=C(NCCCc1nnc2ccccn12)NCC(C)Oc1ccccc1C.I. The Morgan fingerprint density at radius 2 is 1.93 bits per heavy atom. The summed E-state index contributed by atoms with van der Waals surface area (Å²) in [6.07, 6.45) is 3.81. The number of fused-ring (bicyclic) bond motifs is 1. The lowest BCUT2D eigenvalue weighted by Crippen LogP contribution is -2.42. The van der Waals surface area contributed by atoms with Crippen LogP contribution >= 0.6 is 24.0 Å². The molecule has 1 atom stereocenters. The van der Waals surface area contributed by atoms with Crippen LogP contribution in [0, 0.1) is 6.92 Å². The number of para-hydroxylation sites is 1. The van der Waals surface area contributed by atoms with Crippen molar-refractivity contribution in [2.24, 2.45) is 4.99 Å². The highest BCUT2D eigenvalue weighted by Gasteiger charge is 2.08. The molecule has 0 bridgehead atoms. The Labute approximate surface area is 189 Å². The number of rotatable bonds is 8. The van der Waals surface area contributed by atoms with Crippen LogP contribution in [0.4, 0.5) is 0 Å². The third-order valence-electron chi connectivity index (χ3n) is 4.46. The van der Waals surface area contributed by atoms with E-state index in [4.69, 9.17) is 4.74 Å². The highest BCUT2D eigenvalue weighted by Crippen LogP contribution is 2.17. The molecule has 0 fully saturated rings. The molecule has 2 heterocycles. The number of guanidine groups is 1. The highest BCUT2D eigenvalue weighted by molar-refractivity contribution is 14.0. The first-order valence-corrected chi connectivity index (χ1v) is 9.63. The molecule has 0 radical (unpaired) electrons. The van der Waals surface area contributed by atoms with Crippen molar-refractivity contribution in [1.82, 2.24) is 25.2 Å². The van der Waals surface area contributed by atoms with E-state index in [0.29, 0.717) is 6.54 Å². The summed E-state index contributed by atoms with van der Waals surface area (Å²) in [5, 5.41) is 15.1. The van der Waals surface area contributed by atoms with Crippen LogP contribution in [0.2, 0.25) is 0 Å². The Hall–Kier alpha value is -2.36. The number of ether oxygens (including phenoxy) is 1. The van der Waals surface area contributed by atoms with Crippen LogP contribution in [0.3, 0.4) is 0 Å². The van der Waals surface area contributed by atoms with Crippen molar-refractivity contribution in [2.75, 3.05) is 20.1 Å². The van der Waals surface area contributed by atoms with Crippen LogP contribution in [0.15, 0.2) is 53.7 Å². The predicted molar refractivity (Wildman–Crippen MR) is 127 cm³/mol. The molecule has 156 valence electrons. The van der Waals surface area contributed by atoms with Gasteiger partial charge in [0.05, 0.1) is 6.54 Å². The summed E-state index contributed by atoms with van der Waals surface area (Å²) in [6.45, 7) is 5.56. The molecule has 0 amide bonds. The summed E-state index contributed by atoms with van der Waals surface area (Å²) in [5.74, 6) is 2.66. The summed E-state index contributed by atoms with van der Waals surface area (Å²) in [4.78, 5) is 4.27. The second kappa shape index (κ2) is 11.6. The molecule has 2 aromatic heterocycles. The van der Waals surface area contributed by atoms with E-state index in [2.05, 4.69) is 38.8 Å². The van der Waals surface area contributed by atoms with Crippen LogP contribution in [-0.4, -0.2) is 46.8 Å². The van der Waals surface area contributed by atoms with Gasteiger partial charge in [0.25, 0.3) is 0 Å². The molecule has 0 saturated heterocycles. The molecular weight excluding hydrogens is 479 g/mol. The number of nitrogens with zero attached hydrogens (tertiary/aromatic N) is 4. The van der Waals surface area contributed by atoms with Gasteiger partial charge >= 0.3 is 0 Å². The Bertz CT molecular complexity index is 926. The number of pyridine rings is 1. The number of hydrogen-bond donors (Lipinski definition) is 2. The monoisotopic (exact) mass is 508 g/mol. The zero-order valence-electron chi connectivity index (χ0n) is 17.1. The van der Waals surface area contributed by atoms with E-state index in [9.17, 15) is 0 Å². The van der Waals surface area contributed by atoms with E-state index in [1.54, 1.807) is 7.05 Å². The fraction of sp³-hybridized carbons (Fsp3) is 0.381. The molecular formula is C21H29IN6O. The zero-order chi connectivity index (χ0) is 19.8. The first-order chi connectivity index (χ1) is 13.7. The summed E-state index contributed by atoms with van der Waals surface area (Å²) >= 11 is 0. The first-order valence-electron chi connectivity index (χ1n) is 9.63. The molecule has 1 aromatic carbocycles. The van der Waals surface area contributed by atoms with E-state index in [0.717, 1.165) is 48.1 Å². The molecule has 0 spiro atoms. The van der Waals surface area contributed by atoms with Crippen molar-refractivity contribution in [3.8, 4) is 5.75 Å². The quantitative estimate of drug-likeness (QED) is 0.212. The standard InChI is InChI=1S/C21H28N6O.HI/c1-16-9-4-5-10-18(16)28-17(2)15-24-21(22-3)23-13-8-12-20-26-25-19-11-6-7-14-27(19)20;/h4-7,9-11,14,17H,8,12-13,15H2,1-3H3,(H2,22,23,24);1H. The van der Waals surface area contributed by atoms with Crippen molar-refractivity contribution >= 4 is 35.6 Å². The fourth-order valence-corrected chi connectivity index (χ4v) is 2.92. The van der Waals surface area contributed by atoms with Crippen LogP contribution in [-0.2, 0) is 6.42 Å². The lowest BCUT2D eigenvalue weighted by molar-refractivity contribution is 0.222. The molecule has 0 aliphatic rings. The number of aromatic nitrogens is 3. The Morgan fingerprint density at radius 3 is 2.72 bits per heavy atom. The summed E-state index contributed by atoms with van der Waals surface area (Å²) in [5.41, 5.74) is 2.02. The third-order valence-corrected chi connectivity index (χ3v) is 4.46. The van der Waals surface area contributed by atoms with Crippen molar-refractivity contribution in [3.05, 3.63) is 60.0 Å². The number of aryl methyl sites for hydroxylation is 2. The van der Waals surface area contributed by atoms with Crippen LogP contribution in [0.5, 0.6) is 5.75 Å². The Balaban J connectivity index is 0.00000300. The van der Waals surface area contributed by atoms with Crippen molar-refractivity contribution in [3.63, 3.8) is 0 Å². The van der Waals surface area contributed by atoms with E-state index in [-0.39, 0.29) is 30.1 Å². The number of aliphatic imine (C=N–C) groups is 1. The average Bonchev–Trinajstić information content (AvgIpc) is 3.12. The lowest BCUT2D eigenvalue weighted by atomic mass is 10.2. The third kappa shape index (κ3) is 6.59. The smallest absolute Gasteiger partial charge is 0.191 e. The second-order valence-corrected chi connectivity index (χ2v) is 6.72. The molecule has 0 saturated carbocycles. The molecule has 0 aliphatic heterocycles. The van der Waals surface area contributed by atoms with Gasteiger partial charge in [0.2, 0.25) is 0 Å². The topological polar surface area (TPSA) is 75.8 Å². The van der Waals surface area contributed by atoms with E-state index in [1.165, 1.54) is 0 Å². The predicted octanol–water partition coefficient (Wildman–Crippen LogP) is 3.22. The van der Waals surface area contributed by atoms with Crippen molar-refractivity contribution in [2.45, 2.75) is 32.8 Å². The highest BCUT2D eigenvalue weighted by atomic mass is 127. The number of benzene rings is 1. The second-order valence-electron chi connectivity index (χ2n) is 6.72. The van der Waals surface area contributed by atoms with Crippen LogP contribution in [0.1, 0.15) is 24.7 Å². The molecule has 0 aliphatic carbocycles. The van der Waals surface area contributed by atoms with Crippen molar-refractivity contribution in [1.29, 1.82) is 0 Å². The molecule has 1 unspecified atom stereocenters. The summed E-state index contributed by atoms with van der Waals surface area (Å²) in [6, 6.07) is 14.0. The first kappa shape index (κ1) is 22.9. The molecule has 3 aromatic rings. The van der Waals surface area contributed by atoms with Gasteiger partial charge < -0.3 is 15.4 Å². The van der Waals surface area contributed by atoms with Gasteiger partial charge in [0, 0.05) is 26.2 Å². The minimum atomic E-state index is 0. The van der Waals surface area contributed by atoms with Gasteiger partial charge in [-0.25, -0.2) is 0 Å². The van der Waals surface area contributed by atoms with Gasteiger partial charge in [-0.3, -0.25) is 9.39 Å². The van der Waals surface area contributed by atoms with E-state index >= 15 is 0 Å². The fourth-order valence-electron chi connectivity index (χ4n) is 2.92. The van der Waals surface area contributed by atoms with Crippen LogP contribution < -0.4 is 15.4 Å². The average molecular weight is 508 g/mol. The minimum Gasteiger partial charge on any atom is -0.489 e. The normalized spacial score (nSPS) is 12.3. The van der Waals surface area contributed by atoms with E-state index < -0.39 is 0 Å². The van der Waals surface area contributed by atoms with E-state index in [1.807, 2.05) is 53.9 Å². The maximum atomic E-state index is 5.99. The van der Waals surface area contributed by atoms with Crippen molar-refractivity contribution < 1.29 is 4.74 Å². The van der Waals surface area contributed by atoms with Gasteiger partial charge in [-0.05, 0) is 44.0 Å². The molecule has 2 N–H and O–H groups in total.